The van der Waals surface area contributed by atoms with E-state index in [4.69, 9.17) is 4.74 Å². The van der Waals surface area contributed by atoms with E-state index in [9.17, 15) is 14.3 Å². The number of ether oxygens (including phenoxy) is 1. The van der Waals surface area contributed by atoms with Crippen LogP contribution >= 0.6 is 0 Å². The largest absolute Gasteiger partial charge is 0.508 e. The van der Waals surface area contributed by atoms with Gasteiger partial charge in [0.15, 0.2) is 11.6 Å². The van der Waals surface area contributed by atoms with Crippen LogP contribution in [0.2, 0.25) is 0 Å². The Labute approximate surface area is 115 Å². The highest BCUT2D eigenvalue weighted by Gasteiger charge is 2.07. The van der Waals surface area contributed by atoms with Crippen molar-refractivity contribution in [3.8, 4) is 11.5 Å². The van der Waals surface area contributed by atoms with Gasteiger partial charge >= 0.3 is 0 Å². The van der Waals surface area contributed by atoms with E-state index in [2.05, 4.69) is 5.32 Å². The van der Waals surface area contributed by atoms with Crippen molar-refractivity contribution >= 4 is 11.6 Å². The number of benzene rings is 2. The fourth-order valence-corrected chi connectivity index (χ4v) is 1.80. The zero-order chi connectivity index (χ0) is 14.5. The first-order valence-corrected chi connectivity index (χ1v) is 6.00. The van der Waals surface area contributed by atoms with Crippen molar-refractivity contribution in [2.24, 2.45) is 0 Å². The van der Waals surface area contributed by atoms with Gasteiger partial charge in [-0.05, 0) is 29.8 Å². The lowest BCUT2D eigenvalue weighted by Gasteiger charge is -2.07. The molecule has 0 unspecified atom stereocenters. The lowest BCUT2D eigenvalue weighted by molar-refractivity contribution is -0.115. The minimum absolute atomic E-state index is 0.0993. The summed E-state index contributed by atoms with van der Waals surface area (Å²) in [6.07, 6.45) is 0.0993. The van der Waals surface area contributed by atoms with E-state index in [1.165, 1.54) is 31.4 Å². The van der Waals surface area contributed by atoms with Crippen LogP contribution < -0.4 is 10.1 Å². The van der Waals surface area contributed by atoms with Crippen molar-refractivity contribution in [3.05, 3.63) is 53.8 Å². The summed E-state index contributed by atoms with van der Waals surface area (Å²) in [7, 11) is 1.37. The Morgan fingerprint density at radius 3 is 2.75 bits per heavy atom. The van der Waals surface area contributed by atoms with Crippen LogP contribution in [0.25, 0.3) is 0 Å². The molecule has 0 saturated carbocycles. The number of carbonyl (C=O) groups excluding carboxylic acids is 1. The van der Waals surface area contributed by atoms with Crippen LogP contribution in [0.4, 0.5) is 10.1 Å². The number of amides is 1. The first-order valence-electron chi connectivity index (χ1n) is 6.00. The van der Waals surface area contributed by atoms with Gasteiger partial charge in [0.25, 0.3) is 0 Å². The third kappa shape index (κ3) is 3.47. The highest BCUT2D eigenvalue weighted by atomic mass is 19.1. The van der Waals surface area contributed by atoms with Crippen molar-refractivity contribution < 1.29 is 19.0 Å². The molecule has 0 aliphatic heterocycles. The number of halogens is 1. The molecule has 0 aromatic heterocycles. The quantitative estimate of drug-likeness (QED) is 0.902. The zero-order valence-corrected chi connectivity index (χ0v) is 10.9. The molecular weight excluding hydrogens is 261 g/mol. The fraction of sp³-hybridized carbons (Fsp3) is 0.133. The van der Waals surface area contributed by atoms with Crippen molar-refractivity contribution in [3.63, 3.8) is 0 Å². The van der Waals surface area contributed by atoms with Crippen molar-refractivity contribution in [2.75, 3.05) is 12.4 Å². The summed E-state index contributed by atoms with van der Waals surface area (Å²) in [5, 5.41) is 11.9. The topological polar surface area (TPSA) is 58.6 Å². The average Bonchev–Trinajstić information content (AvgIpc) is 2.38. The number of aromatic hydroxyl groups is 1. The van der Waals surface area contributed by atoms with Crippen molar-refractivity contribution in [1.82, 2.24) is 0 Å². The molecule has 0 bridgehead atoms. The smallest absolute Gasteiger partial charge is 0.228 e. The van der Waals surface area contributed by atoms with E-state index in [1.54, 1.807) is 18.2 Å². The second-order valence-corrected chi connectivity index (χ2v) is 4.24. The van der Waals surface area contributed by atoms with Gasteiger partial charge in [-0.25, -0.2) is 4.39 Å². The van der Waals surface area contributed by atoms with E-state index in [0.717, 1.165) is 0 Å². The second kappa shape index (κ2) is 6.06. The molecule has 20 heavy (non-hydrogen) atoms. The molecule has 1 amide bonds. The predicted octanol–water partition coefficient (Wildman–Crippen LogP) is 2.72. The second-order valence-electron chi connectivity index (χ2n) is 4.24. The molecule has 2 rings (SSSR count). The Morgan fingerprint density at radius 1 is 1.30 bits per heavy atom. The van der Waals surface area contributed by atoms with Crippen LogP contribution in [0, 0.1) is 5.82 Å². The summed E-state index contributed by atoms with van der Waals surface area (Å²) < 4.78 is 18.3. The number of hydrogen-bond donors (Lipinski definition) is 2. The van der Waals surface area contributed by atoms with Gasteiger partial charge in [0.1, 0.15) is 5.75 Å². The molecular formula is C15H14FNO3. The normalized spacial score (nSPS) is 10.1. The summed E-state index contributed by atoms with van der Waals surface area (Å²) >= 11 is 0. The molecule has 0 atom stereocenters. The molecule has 2 aromatic carbocycles. The molecule has 5 heteroatoms. The third-order valence-electron chi connectivity index (χ3n) is 2.71. The summed E-state index contributed by atoms with van der Waals surface area (Å²) in [5.41, 5.74) is 1.03. The van der Waals surface area contributed by atoms with E-state index in [-0.39, 0.29) is 23.8 Å². The number of anilines is 1. The number of methoxy groups -OCH3 is 1. The van der Waals surface area contributed by atoms with Crippen LogP contribution in [0.1, 0.15) is 5.56 Å². The van der Waals surface area contributed by atoms with Gasteiger partial charge in [0, 0.05) is 11.8 Å². The SMILES string of the molecule is COc1ccc(NC(=O)Cc2cccc(O)c2)cc1F. The molecule has 104 valence electrons. The van der Waals surface area contributed by atoms with Gasteiger partial charge in [-0.15, -0.1) is 0 Å². The standard InChI is InChI=1S/C15H14FNO3/c1-20-14-6-5-11(9-13(14)16)17-15(19)8-10-3-2-4-12(18)7-10/h2-7,9,18H,8H2,1H3,(H,17,19). The lowest BCUT2D eigenvalue weighted by Crippen LogP contribution is -2.14. The molecule has 0 saturated heterocycles. The maximum absolute atomic E-state index is 13.5. The Bertz CT molecular complexity index is 628. The molecule has 0 radical (unpaired) electrons. The van der Waals surface area contributed by atoms with E-state index < -0.39 is 5.82 Å². The number of carbonyl (C=O) groups is 1. The predicted molar refractivity (Wildman–Crippen MR) is 73.4 cm³/mol. The van der Waals surface area contributed by atoms with Crippen LogP contribution in [-0.4, -0.2) is 18.1 Å². The molecule has 4 nitrogen and oxygen atoms in total. The van der Waals surface area contributed by atoms with Gasteiger partial charge in [-0.2, -0.15) is 0 Å². The maximum atomic E-state index is 13.5. The van der Waals surface area contributed by atoms with Crippen LogP contribution in [-0.2, 0) is 11.2 Å². The summed E-state index contributed by atoms with van der Waals surface area (Å²) in [4.78, 5) is 11.8. The molecule has 0 aliphatic carbocycles. The summed E-state index contributed by atoms with van der Waals surface area (Å²) in [5.74, 6) is -0.607. The van der Waals surface area contributed by atoms with Gasteiger partial charge in [0.2, 0.25) is 5.91 Å². The molecule has 0 aliphatic rings. The third-order valence-corrected chi connectivity index (χ3v) is 2.71. The molecule has 0 spiro atoms. The number of rotatable bonds is 4. The Balaban J connectivity index is 2.03. The highest BCUT2D eigenvalue weighted by Crippen LogP contribution is 2.21. The van der Waals surface area contributed by atoms with Crippen LogP contribution in [0.15, 0.2) is 42.5 Å². The van der Waals surface area contributed by atoms with Crippen molar-refractivity contribution in [1.29, 1.82) is 0 Å². The monoisotopic (exact) mass is 275 g/mol. The maximum Gasteiger partial charge on any atom is 0.228 e. The van der Waals surface area contributed by atoms with Gasteiger partial charge in [-0.3, -0.25) is 4.79 Å². The minimum atomic E-state index is -0.539. The average molecular weight is 275 g/mol. The van der Waals surface area contributed by atoms with Gasteiger partial charge < -0.3 is 15.2 Å². The number of phenols is 1. The lowest BCUT2D eigenvalue weighted by atomic mass is 10.1. The first kappa shape index (κ1) is 13.9. The fourth-order valence-electron chi connectivity index (χ4n) is 1.80. The van der Waals surface area contributed by atoms with Gasteiger partial charge in [0.05, 0.1) is 13.5 Å². The number of nitrogens with one attached hydrogen (secondary N) is 1. The molecule has 0 fully saturated rings. The number of phenolic OH excluding ortho intramolecular Hbond substituents is 1. The summed E-state index contributed by atoms with van der Waals surface area (Å²) in [6.45, 7) is 0. The Morgan fingerprint density at radius 2 is 2.10 bits per heavy atom. The molecule has 2 N–H and O–H groups in total. The molecule has 0 heterocycles. The minimum Gasteiger partial charge on any atom is -0.508 e. The van der Waals surface area contributed by atoms with E-state index in [0.29, 0.717) is 11.3 Å². The zero-order valence-electron chi connectivity index (χ0n) is 10.9. The Hall–Kier alpha value is -2.56. The van der Waals surface area contributed by atoms with Crippen molar-refractivity contribution in [2.45, 2.75) is 6.42 Å². The number of hydrogen-bond acceptors (Lipinski definition) is 3. The molecule has 2 aromatic rings. The van der Waals surface area contributed by atoms with Crippen LogP contribution in [0.5, 0.6) is 11.5 Å². The van der Waals surface area contributed by atoms with E-state index in [1.807, 2.05) is 0 Å². The van der Waals surface area contributed by atoms with Gasteiger partial charge in [-0.1, -0.05) is 12.1 Å². The summed E-state index contributed by atoms with van der Waals surface area (Å²) in [6, 6.07) is 10.6. The highest BCUT2D eigenvalue weighted by molar-refractivity contribution is 5.92. The van der Waals surface area contributed by atoms with Crippen LogP contribution in [0.3, 0.4) is 0 Å². The first-order chi connectivity index (χ1) is 9.58. The van der Waals surface area contributed by atoms with E-state index >= 15 is 0 Å². The Kier molecular flexibility index (Phi) is 4.20.